The molecule has 0 saturated heterocycles. The van der Waals surface area contributed by atoms with E-state index in [1.165, 1.54) is 0 Å². The van der Waals surface area contributed by atoms with Crippen LogP contribution in [0.4, 0.5) is 26.3 Å². The van der Waals surface area contributed by atoms with E-state index in [4.69, 9.17) is 65.9 Å². The van der Waals surface area contributed by atoms with Gasteiger partial charge in [0.15, 0.2) is 0 Å². The van der Waals surface area contributed by atoms with Crippen LogP contribution in [0.3, 0.4) is 0 Å². The van der Waals surface area contributed by atoms with Crippen LogP contribution in [0.5, 0.6) is 11.5 Å². The molecule has 28 heteroatoms. The summed E-state index contributed by atoms with van der Waals surface area (Å²) in [4.78, 5) is 6.92. The summed E-state index contributed by atoms with van der Waals surface area (Å²) >= 11 is 0. The second-order valence-corrected chi connectivity index (χ2v) is 19.9. The molecule has 482 valence electrons. The Kier molecular flexibility index (Phi) is 28.5. The molecule has 0 radical (unpaired) electrons. The number of alkyl halides is 6. The summed E-state index contributed by atoms with van der Waals surface area (Å²) in [5.74, 6) is -0.421. The van der Waals surface area contributed by atoms with Gasteiger partial charge in [-0.1, -0.05) is 44.9 Å². The van der Waals surface area contributed by atoms with E-state index in [0.717, 1.165) is 33.4 Å². The lowest BCUT2D eigenvalue weighted by atomic mass is 10.1. The third kappa shape index (κ3) is 24.3. The number of hydrogen-bond acceptors (Lipinski definition) is 22. The zero-order chi connectivity index (χ0) is 62.4. The quantitative estimate of drug-likeness (QED) is 0.0255. The minimum Gasteiger partial charge on any atom is -0.493 e. The van der Waals surface area contributed by atoms with Gasteiger partial charge in [-0.2, -0.15) is 36.3 Å². The van der Waals surface area contributed by atoms with E-state index in [2.05, 4.69) is 39.6 Å². The number of benzene rings is 3. The second-order valence-electron chi connectivity index (χ2n) is 19.9. The fourth-order valence-electron chi connectivity index (χ4n) is 8.47. The molecule has 88 heavy (non-hydrogen) atoms. The average Bonchev–Trinajstić information content (AvgIpc) is 4.39. The maximum absolute atomic E-state index is 12.9. The molecular formula is C60H74F6N6O16. The molecule has 3 aromatic carbocycles. The third-order valence-corrected chi connectivity index (χ3v) is 12.7. The van der Waals surface area contributed by atoms with E-state index in [1.807, 2.05) is 36.4 Å². The largest absolute Gasteiger partial charge is 0.493 e. The lowest BCUT2D eigenvalue weighted by Gasteiger charge is -2.13. The summed E-state index contributed by atoms with van der Waals surface area (Å²) in [6.07, 6.45) is -6.96. The van der Waals surface area contributed by atoms with Crippen LogP contribution >= 0.6 is 0 Å². The lowest BCUT2D eigenvalue weighted by molar-refractivity contribution is -0.160. The number of hydrogen-bond donors (Lipinski definition) is 0. The molecular weight excluding hydrogens is 1170 g/mol. The van der Waals surface area contributed by atoms with E-state index in [1.54, 1.807) is 52.0 Å². The maximum atomic E-state index is 12.9. The van der Waals surface area contributed by atoms with Crippen LogP contribution in [0.25, 0.3) is 22.8 Å². The molecule has 0 bridgehead atoms. The minimum absolute atomic E-state index is 0.145. The highest BCUT2D eigenvalue weighted by Crippen LogP contribution is 2.34. The Morgan fingerprint density at radius 1 is 0.352 bits per heavy atom. The van der Waals surface area contributed by atoms with Gasteiger partial charge in [0.1, 0.15) is 34.4 Å². The fraction of sp³-hybridized carbons (Fsp3) is 0.533. The highest BCUT2D eigenvalue weighted by molar-refractivity contribution is 5.62. The first-order chi connectivity index (χ1) is 42.6. The Hall–Kier alpha value is -6.86. The van der Waals surface area contributed by atoms with Crippen LogP contribution in [0.2, 0.25) is 0 Å². The lowest BCUT2D eigenvalue weighted by Crippen LogP contribution is -2.13. The predicted octanol–water partition coefficient (Wildman–Crippen LogP) is 10.6. The van der Waals surface area contributed by atoms with Gasteiger partial charge in [-0.05, 0) is 98.2 Å². The van der Waals surface area contributed by atoms with Crippen molar-refractivity contribution in [2.45, 2.75) is 92.2 Å². The topological polar surface area (TPSA) is 241 Å². The van der Waals surface area contributed by atoms with Crippen molar-refractivity contribution in [2.75, 3.05) is 119 Å². The van der Waals surface area contributed by atoms with E-state index in [-0.39, 0.29) is 24.9 Å². The van der Waals surface area contributed by atoms with E-state index >= 15 is 0 Å². The molecule has 4 heterocycles. The second kappa shape index (κ2) is 36.6. The molecule has 0 saturated carbocycles. The molecule has 0 aliphatic rings. The molecule has 0 aliphatic heterocycles. The highest BCUT2D eigenvalue weighted by atomic mass is 19.4. The molecule has 0 aliphatic carbocycles. The van der Waals surface area contributed by atoms with E-state index in [0.29, 0.717) is 203 Å². The van der Waals surface area contributed by atoms with Gasteiger partial charge >= 0.3 is 24.1 Å². The first kappa shape index (κ1) is 68.6. The average molecular weight is 1250 g/mol. The number of halogens is 6. The summed E-state index contributed by atoms with van der Waals surface area (Å²) in [6, 6.07) is 18.4. The summed E-state index contributed by atoms with van der Waals surface area (Å²) in [5, 5.41) is 15.0. The molecule has 0 fully saturated rings. The predicted molar refractivity (Wildman–Crippen MR) is 299 cm³/mol. The Morgan fingerprint density at radius 2 is 0.648 bits per heavy atom. The van der Waals surface area contributed by atoms with Crippen molar-refractivity contribution in [3.05, 3.63) is 129 Å². The maximum Gasteiger partial charge on any atom is 0.471 e. The van der Waals surface area contributed by atoms with Gasteiger partial charge in [0.2, 0.25) is 11.6 Å². The van der Waals surface area contributed by atoms with E-state index in [9.17, 15) is 26.3 Å². The SMILES string of the molecule is Cc1cc(-c2noc(C(F)(F)F)n2)cc(C)c1OCCCc1cc(COCCOCCOCCOCCOCc2ccc(COCCOCCOCCOCCOCc3cc(CCCOc4c(C)cc(-c5noc(C(F)(F)F)n5)cc4C)on3)cc2)no1. The zero-order valence-corrected chi connectivity index (χ0v) is 49.6. The van der Waals surface area contributed by atoms with Gasteiger partial charge in [0.05, 0.1) is 145 Å². The smallest absolute Gasteiger partial charge is 0.471 e. The number of ether oxygens (including phenoxy) is 12. The number of aromatic nitrogens is 6. The van der Waals surface area contributed by atoms with Gasteiger partial charge in [-0.25, -0.2) is 0 Å². The van der Waals surface area contributed by atoms with Gasteiger partial charge in [-0.15, -0.1) is 0 Å². The molecule has 0 spiro atoms. The monoisotopic (exact) mass is 1250 g/mol. The summed E-state index contributed by atoms with van der Waals surface area (Å²) < 4.78 is 165. The number of aryl methyl sites for hydroxylation is 6. The van der Waals surface area contributed by atoms with Gasteiger partial charge in [0, 0.05) is 36.1 Å². The Bertz CT molecular complexity index is 2850. The van der Waals surface area contributed by atoms with Crippen molar-refractivity contribution in [1.29, 1.82) is 0 Å². The number of rotatable bonds is 44. The summed E-state index contributed by atoms with van der Waals surface area (Å²) in [6.45, 7) is 16.3. The molecule has 0 N–H and O–H groups in total. The van der Waals surface area contributed by atoms with Crippen LogP contribution in [0.1, 0.15) is 80.9 Å². The van der Waals surface area contributed by atoms with Crippen molar-refractivity contribution in [3.8, 4) is 34.3 Å². The van der Waals surface area contributed by atoms with Crippen molar-refractivity contribution >= 4 is 0 Å². The van der Waals surface area contributed by atoms with Crippen molar-refractivity contribution in [3.63, 3.8) is 0 Å². The first-order valence-electron chi connectivity index (χ1n) is 28.6. The molecule has 22 nitrogen and oxygen atoms in total. The molecule has 0 atom stereocenters. The Morgan fingerprint density at radius 3 is 0.943 bits per heavy atom. The fourth-order valence-corrected chi connectivity index (χ4v) is 8.47. The third-order valence-electron chi connectivity index (χ3n) is 12.7. The molecule has 0 amide bonds. The highest BCUT2D eigenvalue weighted by Gasteiger charge is 2.39. The standard InChI is InChI=1S/C60H74F6N6O16/c1-41-31-47(55-67-57(87-71-55)59(61,62)63)32-42(2)53(41)83-13-5-7-51-35-49(69-85-51)39-81-29-25-77-21-17-73-15-19-75-23-27-79-37-45-9-11-46(12-10-45)38-80-28-24-76-20-16-74-18-22-78-26-30-82-40-50-36-52(86-70-50)8-6-14-84-54-43(3)33-48(34-44(54)4)56-68-58(88-72-56)60(64,65)66/h9-12,31-36H,5-8,13-30,37-40H2,1-4H3. The summed E-state index contributed by atoms with van der Waals surface area (Å²) in [7, 11) is 0. The van der Waals surface area contributed by atoms with Crippen LogP contribution in [-0.4, -0.2) is 150 Å². The van der Waals surface area contributed by atoms with Crippen LogP contribution in [-0.2, 0) is 99.0 Å². The molecule has 4 aromatic heterocycles. The van der Waals surface area contributed by atoms with Crippen molar-refractivity contribution < 1.29 is 101 Å². The molecule has 7 aromatic rings. The zero-order valence-electron chi connectivity index (χ0n) is 49.6. The van der Waals surface area contributed by atoms with Crippen LogP contribution in [0.15, 0.2) is 78.8 Å². The normalized spacial score (nSPS) is 12.0. The summed E-state index contributed by atoms with van der Waals surface area (Å²) in [5.41, 5.74) is 7.15. The first-order valence-corrected chi connectivity index (χ1v) is 28.6. The van der Waals surface area contributed by atoms with Gasteiger partial charge in [-0.3, -0.25) is 0 Å². The molecule has 0 unspecified atom stereocenters. The molecule has 7 rings (SSSR count). The van der Waals surface area contributed by atoms with E-state index < -0.39 is 24.1 Å². The van der Waals surface area contributed by atoms with Crippen LogP contribution in [0, 0.1) is 27.7 Å². The number of nitrogens with zero attached hydrogens (tertiary/aromatic N) is 6. The van der Waals surface area contributed by atoms with Gasteiger partial charge in [0.25, 0.3) is 0 Å². The Labute approximate surface area is 504 Å². The van der Waals surface area contributed by atoms with Gasteiger partial charge < -0.3 is 74.9 Å². The Balaban J connectivity index is 0.576. The van der Waals surface area contributed by atoms with Crippen molar-refractivity contribution in [2.24, 2.45) is 0 Å². The van der Waals surface area contributed by atoms with Crippen LogP contribution < -0.4 is 9.47 Å². The minimum atomic E-state index is -4.71. The van der Waals surface area contributed by atoms with Crippen molar-refractivity contribution in [1.82, 2.24) is 30.6 Å².